The minimum absolute atomic E-state index is 0.497. The fraction of sp³-hybridized carbons (Fsp3) is 0. The van der Waals surface area contributed by atoms with Gasteiger partial charge in [-0.2, -0.15) is 0 Å². The number of hydrogen-bond acceptors (Lipinski definition) is 4. The molecular weight excluding hydrogens is 206 g/mol. The minimum Gasteiger partial charge on any atom is -0.398 e. The number of rotatable bonds is 2. The number of nitrogens with zero attached hydrogens (tertiary/aromatic N) is 1. The number of nitrogen functional groups attached to an aromatic ring is 1. The number of primary amides is 1. The Kier molecular flexibility index (Phi) is 2.47. The lowest BCUT2D eigenvalue weighted by Gasteiger charge is -2.07. The summed E-state index contributed by atoms with van der Waals surface area (Å²) in [7, 11) is 0. The maximum absolute atomic E-state index is 10.5. The van der Waals surface area contributed by atoms with Crippen LogP contribution in [0.5, 0.6) is 0 Å². The molecule has 0 aliphatic heterocycles. The summed E-state index contributed by atoms with van der Waals surface area (Å²) >= 11 is 0. The van der Waals surface area contributed by atoms with Crippen molar-refractivity contribution in [2.24, 2.45) is 5.73 Å². The molecule has 1 heterocycles. The van der Waals surface area contributed by atoms with Gasteiger partial charge in [-0.3, -0.25) is 10.9 Å². The van der Waals surface area contributed by atoms with Crippen molar-refractivity contribution in [3.63, 3.8) is 0 Å². The summed E-state index contributed by atoms with van der Waals surface area (Å²) in [5.74, 6) is 0.497. The van der Waals surface area contributed by atoms with Crippen molar-refractivity contribution >= 4 is 28.4 Å². The fourth-order valence-corrected chi connectivity index (χ4v) is 1.37. The third-order valence-electron chi connectivity index (χ3n) is 2.08. The van der Waals surface area contributed by atoms with Gasteiger partial charge < -0.3 is 11.5 Å². The number of carbonyl (C=O) groups is 1. The van der Waals surface area contributed by atoms with Crippen LogP contribution in [0.25, 0.3) is 10.9 Å². The predicted octanol–water partition coefficient (Wildman–Crippen LogP) is 0.812. The maximum Gasteiger partial charge on any atom is 0.330 e. The first-order valence-electron chi connectivity index (χ1n) is 4.63. The predicted molar refractivity (Wildman–Crippen MR) is 62.5 cm³/mol. The Labute approximate surface area is 91.6 Å². The Balaban J connectivity index is 2.33. The maximum atomic E-state index is 10.5. The van der Waals surface area contributed by atoms with Crippen LogP contribution in [0.15, 0.2) is 30.3 Å². The molecule has 2 rings (SSSR count). The zero-order valence-electron chi connectivity index (χ0n) is 8.40. The number of hydrazine groups is 1. The SMILES string of the molecule is NC(=O)NNc1ccc2c(N)cccc2n1. The second-order valence-electron chi connectivity index (χ2n) is 3.22. The number of benzene rings is 1. The van der Waals surface area contributed by atoms with Gasteiger partial charge in [0.25, 0.3) is 0 Å². The van der Waals surface area contributed by atoms with Crippen molar-refractivity contribution in [3.05, 3.63) is 30.3 Å². The first-order valence-corrected chi connectivity index (χ1v) is 4.63. The molecular formula is C10H11N5O. The molecule has 1 aromatic carbocycles. The number of pyridine rings is 1. The number of aromatic nitrogens is 1. The highest BCUT2D eigenvalue weighted by Crippen LogP contribution is 2.20. The van der Waals surface area contributed by atoms with Crippen LogP contribution in [-0.4, -0.2) is 11.0 Å². The molecule has 0 saturated heterocycles. The van der Waals surface area contributed by atoms with Gasteiger partial charge in [0.1, 0.15) is 5.82 Å². The van der Waals surface area contributed by atoms with E-state index < -0.39 is 6.03 Å². The van der Waals surface area contributed by atoms with E-state index in [2.05, 4.69) is 15.8 Å². The smallest absolute Gasteiger partial charge is 0.330 e. The van der Waals surface area contributed by atoms with Crippen molar-refractivity contribution in [1.82, 2.24) is 10.4 Å². The molecule has 16 heavy (non-hydrogen) atoms. The molecule has 82 valence electrons. The van der Waals surface area contributed by atoms with Crippen LogP contribution < -0.4 is 22.3 Å². The van der Waals surface area contributed by atoms with Gasteiger partial charge in [-0.25, -0.2) is 9.78 Å². The molecule has 0 fully saturated rings. The lowest BCUT2D eigenvalue weighted by molar-refractivity contribution is 0.250. The summed E-state index contributed by atoms with van der Waals surface area (Å²) in [5, 5.41) is 0.868. The van der Waals surface area contributed by atoms with E-state index in [4.69, 9.17) is 11.5 Å². The van der Waals surface area contributed by atoms with E-state index in [-0.39, 0.29) is 0 Å². The normalized spacial score (nSPS) is 10.0. The van der Waals surface area contributed by atoms with Crippen LogP contribution >= 0.6 is 0 Å². The lowest BCUT2D eigenvalue weighted by Crippen LogP contribution is -2.34. The van der Waals surface area contributed by atoms with Crippen molar-refractivity contribution in [3.8, 4) is 0 Å². The Morgan fingerprint density at radius 2 is 2.06 bits per heavy atom. The van der Waals surface area contributed by atoms with E-state index in [9.17, 15) is 4.79 Å². The molecule has 6 N–H and O–H groups in total. The zero-order valence-corrected chi connectivity index (χ0v) is 8.40. The molecule has 2 amide bonds. The molecule has 0 bridgehead atoms. The zero-order chi connectivity index (χ0) is 11.5. The summed E-state index contributed by atoms with van der Waals surface area (Å²) < 4.78 is 0. The summed E-state index contributed by atoms with van der Waals surface area (Å²) in [5.41, 5.74) is 16.9. The summed E-state index contributed by atoms with van der Waals surface area (Å²) in [6, 6.07) is 8.31. The molecule has 2 aromatic rings. The van der Waals surface area contributed by atoms with Crippen LogP contribution in [0.1, 0.15) is 0 Å². The minimum atomic E-state index is -0.672. The van der Waals surface area contributed by atoms with Crippen molar-refractivity contribution < 1.29 is 4.79 Å². The molecule has 6 nitrogen and oxygen atoms in total. The molecule has 0 atom stereocenters. The van der Waals surface area contributed by atoms with Crippen LogP contribution in [-0.2, 0) is 0 Å². The Bertz CT molecular complexity index is 540. The molecule has 0 saturated carbocycles. The van der Waals surface area contributed by atoms with Gasteiger partial charge in [0, 0.05) is 11.1 Å². The molecule has 0 spiro atoms. The molecule has 0 radical (unpaired) electrons. The van der Waals surface area contributed by atoms with Gasteiger partial charge in [0.15, 0.2) is 0 Å². The second kappa shape index (κ2) is 3.93. The third-order valence-corrected chi connectivity index (χ3v) is 2.08. The summed E-state index contributed by atoms with van der Waals surface area (Å²) in [6.45, 7) is 0. The lowest BCUT2D eigenvalue weighted by atomic mass is 10.2. The molecule has 6 heteroatoms. The second-order valence-corrected chi connectivity index (χ2v) is 3.22. The first kappa shape index (κ1) is 10.0. The van der Waals surface area contributed by atoms with Crippen LogP contribution in [0.3, 0.4) is 0 Å². The summed E-state index contributed by atoms with van der Waals surface area (Å²) in [6.07, 6.45) is 0. The summed E-state index contributed by atoms with van der Waals surface area (Å²) in [4.78, 5) is 14.7. The van der Waals surface area contributed by atoms with Gasteiger partial charge in [-0.05, 0) is 24.3 Å². The molecule has 1 aromatic heterocycles. The molecule has 0 aliphatic rings. The Morgan fingerprint density at radius 3 is 2.81 bits per heavy atom. The van der Waals surface area contributed by atoms with Gasteiger partial charge in [-0.1, -0.05) is 6.07 Å². The average molecular weight is 217 g/mol. The Morgan fingerprint density at radius 1 is 1.25 bits per heavy atom. The third kappa shape index (κ3) is 1.95. The number of nitrogens with two attached hydrogens (primary N) is 2. The van der Waals surface area contributed by atoms with Crippen LogP contribution in [0.2, 0.25) is 0 Å². The van der Waals surface area contributed by atoms with Crippen molar-refractivity contribution in [1.29, 1.82) is 0 Å². The highest BCUT2D eigenvalue weighted by Gasteiger charge is 2.00. The fourth-order valence-electron chi connectivity index (χ4n) is 1.37. The number of urea groups is 1. The highest BCUT2D eigenvalue weighted by molar-refractivity contribution is 5.91. The molecule has 0 unspecified atom stereocenters. The van der Waals surface area contributed by atoms with Crippen molar-refractivity contribution in [2.75, 3.05) is 11.2 Å². The number of nitrogens with one attached hydrogen (secondary N) is 2. The topological polar surface area (TPSA) is 106 Å². The van der Waals surface area contributed by atoms with E-state index in [1.807, 2.05) is 18.2 Å². The number of amides is 2. The standard InChI is InChI=1S/C10H11N5O/c11-7-2-1-3-8-6(7)4-5-9(13-8)14-15-10(12)16/h1-5H,11H2,(H,13,14)(H3,12,15,16). The van der Waals surface area contributed by atoms with Gasteiger partial charge in [-0.15, -0.1) is 0 Å². The Hall–Kier alpha value is -2.50. The van der Waals surface area contributed by atoms with E-state index in [0.29, 0.717) is 11.5 Å². The van der Waals surface area contributed by atoms with Crippen LogP contribution in [0.4, 0.5) is 16.3 Å². The number of carbonyl (C=O) groups excluding carboxylic acids is 1. The van der Waals surface area contributed by atoms with Gasteiger partial charge in [0.2, 0.25) is 0 Å². The van der Waals surface area contributed by atoms with E-state index >= 15 is 0 Å². The number of hydrogen-bond donors (Lipinski definition) is 4. The monoisotopic (exact) mass is 217 g/mol. The number of fused-ring (bicyclic) bond motifs is 1. The van der Waals surface area contributed by atoms with E-state index in [0.717, 1.165) is 10.9 Å². The van der Waals surface area contributed by atoms with Gasteiger partial charge in [0.05, 0.1) is 5.52 Å². The quantitative estimate of drug-likeness (QED) is 0.441. The van der Waals surface area contributed by atoms with E-state index in [1.165, 1.54) is 0 Å². The number of anilines is 2. The van der Waals surface area contributed by atoms with Gasteiger partial charge >= 0.3 is 6.03 Å². The van der Waals surface area contributed by atoms with Crippen molar-refractivity contribution in [2.45, 2.75) is 0 Å². The first-order chi connectivity index (χ1) is 7.66. The van der Waals surface area contributed by atoms with E-state index in [1.54, 1.807) is 12.1 Å². The average Bonchev–Trinajstić information content (AvgIpc) is 2.26. The largest absolute Gasteiger partial charge is 0.398 e. The highest BCUT2D eigenvalue weighted by atomic mass is 16.2. The van der Waals surface area contributed by atoms with Crippen LogP contribution in [0, 0.1) is 0 Å². The molecule has 0 aliphatic carbocycles.